The van der Waals surface area contributed by atoms with E-state index in [9.17, 15) is 4.79 Å². The number of halogens is 1. The first-order valence-corrected chi connectivity index (χ1v) is 8.89. The molecule has 3 heterocycles. The van der Waals surface area contributed by atoms with Crippen LogP contribution in [0.5, 0.6) is 0 Å². The van der Waals surface area contributed by atoms with Crippen LogP contribution in [-0.4, -0.2) is 33.9 Å². The van der Waals surface area contributed by atoms with Crippen LogP contribution in [0.3, 0.4) is 0 Å². The number of para-hydroxylation sites is 1. The van der Waals surface area contributed by atoms with Crippen LogP contribution in [0.25, 0.3) is 10.2 Å². The Labute approximate surface area is 143 Å². The molecule has 0 unspecified atom stereocenters. The van der Waals surface area contributed by atoms with Crippen molar-refractivity contribution in [1.29, 1.82) is 0 Å². The highest BCUT2D eigenvalue weighted by atomic mass is 35.5. The first kappa shape index (κ1) is 14.7. The summed E-state index contributed by atoms with van der Waals surface area (Å²) < 4.78 is 1.24. The molecule has 3 aromatic rings. The molecule has 1 saturated heterocycles. The Morgan fingerprint density at radius 1 is 1.30 bits per heavy atom. The molecule has 23 heavy (non-hydrogen) atoms. The van der Waals surface area contributed by atoms with E-state index in [1.54, 1.807) is 23.6 Å². The average molecular weight is 346 g/mol. The number of piperidine rings is 1. The van der Waals surface area contributed by atoms with Gasteiger partial charge in [-0.05, 0) is 31.0 Å². The van der Waals surface area contributed by atoms with E-state index in [-0.39, 0.29) is 5.91 Å². The van der Waals surface area contributed by atoms with Crippen LogP contribution >= 0.6 is 22.9 Å². The van der Waals surface area contributed by atoms with Crippen LogP contribution in [0.4, 0.5) is 0 Å². The highest BCUT2D eigenvalue weighted by molar-refractivity contribution is 7.18. The maximum atomic E-state index is 12.4. The van der Waals surface area contributed by atoms with Crippen molar-refractivity contribution >= 4 is 39.1 Å². The van der Waals surface area contributed by atoms with Crippen molar-refractivity contribution in [2.75, 3.05) is 13.1 Å². The van der Waals surface area contributed by atoms with Crippen molar-refractivity contribution in [3.63, 3.8) is 0 Å². The molecule has 4 nitrogen and oxygen atoms in total. The molecule has 2 aromatic heterocycles. The van der Waals surface area contributed by atoms with Gasteiger partial charge in [-0.25, -0.2) is 4.98 Å². The number of rotatable bonds is 2. The number of likely N-dealkylation sites (tertiary alicyclic amines) is 1. The number of hydrogen-bond acceptors (Lipinski definition) is 3. The van der Waals surface area contributed by atoms with Gasteiger partial charge in [0.1, 0.15) is 5.69 Å². The Balaban J connectivity index is 1.45. The Morgan fingerprint density at radius 3 is 2.78 bits per heavy atom. The third-order valence-corrected chi connectivity index (χ3v) is 5.74. The van der Waals surface area contributed by atoms with Crippen molar-refractivity contribution in [2.45, 2.75) is 18.8 Å². The highest BCUT2D eigenvalue weighted by Gasteiger charge is 2.27. The molecule has 1 amide bonds. The van der Waals surface area contributed by atoms with Gasteiger partial charge in [-0.2, -0.15) is 0 Å². The minimum atomic E-state index is 0.0275. The molecule has 0 radical (unpaired) electrons. The second-order valence-electron chi connectivity index (χ2n) is 5.82. The number of aromatic amines is 1. The standard InChI is InChI=1S/C17H16ClN3OS/c18-12-9-14(19-10-12)17(22)21-7-5-11(6-8-21)16-20-13-3-1-2-4-15(13)23-16/h1-4,9-11,19H,5-8H2. The van der Waals surface area contributed by atoms with Crippen LogP contribution in [-0.2, 0) is 0 Å². The molecule has 0 saturated carbocycles. The zero-order valence-corrected chi connectivity index (χ0v) is 14.0. The Hall–Kier alpha value is -1.85. The summed E-state index contributed by atoms with van der Waals surface area (Å²) >= 11 is 7.65. The molecule has 6 heteroatoms. The quantitative estimate of drug-likeness (QED) is 0.752. The van der Waals surface area contributed by atoms with E-state index in [1.165, 1.54) is 9.71 Å². The predicted molar refractivity (Wildman–Crippen MR) is 93.3 cm³/mol. The summed E-state index contributed by atoms with van der Waals surface area (Å²) in [5, 5.41) is 1.76. The lowest BCUT2D eigenvalue weighted by Gasteiger charge is -2.30. The van der Waals surface area contributed by atoms with E-state index < -0.39 is 0 Å². The molecule has 0 atom stereocenters. The van der Waals surface area contributed by atoms with Gasteiger partial charge in [0, 0.05) is 25.2 Å². The van der Waals surface area contributed by atoms with Crippen molar-refractivity contribution < 1.29 is 4.79 Å². The van der Waals surface area contributed by atoms with Crippen LogP contribution in [0, 0.1) is 0 Å². The summed E-state index contributed by atoms with van der Waals surface area (Å²) in [6, 6.07) is 9.93. The topological polar surface area (TPSA) is 49.0 Å². The summed E-state index contributed by atoms with van der Waals surface area (Å²) in [6.45, 7) is 1.52. The SMILES string of the molecule is O=C(c1cc(Cl)c[nH]1)N1CCC(c2nc3ccccc3s2)CC1. The van der Waals surface area contributed by atoms with Gasteiger partial charge in [-0.1, -0.05) is 23.7 Å². The van der Waals surface area contributed by atoms with Gasteiger partial charge in [-0.15, -0.1) is 11.3 Å². The number of carbonyl (C=O) groups is 1. The number of nitrogens with one attached hydrogen (secondary N) is 1. The van der Waals surface area contributed by atoms with E-state index in [2.05, 4.69) is 17.1 Å². The second kappa shape index (κ2) is 5.98. The second-order valence-corrected chi connectivity index (χ2v) is 7.32. The fourth-order valence-corrected chi connectivity index (χ4v) is 4.36. The number of nitrogens with zero attached hydrogens (tertiary/aromatic N) is 2. The molecule has 4 rings (SSSR count). The van der Waals surface area contributed by atoms with Crippen molar-refractivity contribution in [3.8, 4) is 0 Å². The Morgan fingerprint density at radius 2 is 2.09 bits per heavy atom. The molecular formula is C17H16ClN3OS. The minimum absolute atomic E-state index is 0.0275. The maximum absolute atomic E-state index is 12.4. The largest absolute Gasteiger partial charge is 0.356 e. The van der Waals surface area contributed by atoms with E-state index in [0.717, 1.165) is 31.4 Å². The minimum Gasteiger partial charge on any atom is -0.356 e. The number of hydrogen-bond donors (Lipinski definition) is 1. The van der Waals surface area contributed by atoms with Crippen LogP contribution < -0.4 is 0 Å². The predicted octanol–water partition coefficient (Wildman–Crippen LogP) is 4.30. The van der Waals surface area contributed by atoms with Crippen molar-refractivity contribution in [2.24, 2.45) is 0 Å². The zero-order valence-electron chi connectivity index (χ0n) is 12.5. The lowest BCUT2D eigenvalue weighted by molar-refractivity contribution is 0.0707. The van der Waals surface area contributed by atoms with E-state index >= 15 is 0 Å². The van der Waals surface area contributed by atoms with E-state index in [4.69, 9.17) is 16.6 Å². The molecule has 1 aliphatic rings. The number of thiazole rings is 1. The van der Waals surface area contributed by atoms with Gasteiger partial charge in [-0.3, -0.25) is 4.79 Å². The molecular weight excluding hydrogens is 330 g/mol. The molecule has 0 spiro atoms. The fraction of sp³-hybridized carbons (Fsp3) is 0.294. The van der Waals surface area contributed by atoms with E-state index in [0.29, 0.717) is 16.6 Å². The number of aromatic nitrogens is 2. The summed E-state index contributed by atoms with van der Waals surface area (Å²) in [5.74, 6) is 0.475. The lowest BCUT2D eigenvalue weighted by atomic mass is 9.97. The molecule has 1 fully saturated rings. The third kappa shape index (κ3) is 2.86. The fourth-order valence-electron chi connectivity index (χ4n) is 3.06. The number of benzene rings is 1. The van der Waals surface area contributed by atoms with Gasteiger partial charge >= 0.3 is 0 Å². The first-order valence-electron chi connectivity index (χ1n) is 7.69. The molecule has 1 N–H and O–H groups in total. The Bertz CT molecular complexity index is 815. The van der Waals surface area contributed by atoms with Crippen molar-refractivity contribution in [1.82, 2.24) is 14.9 Å². The molecule has 118 valence electrons. The summed E-state index contributed by atoms with van der Waals surface area (Å²) in [7, 11) is 0. The molecule has 0 aliphatic carbocycles. The lowest BCUT2D eigenvalue weighted by Crippen LogP contribution is -2.38. The molecule has 0 bridgehead atoms. The first-order chi connectivity index (χ1) is 11.2. The van der Waals surface area contributed by atoms with Gasteiger partial charge in [0.2, 0.25) is 0 Å². The Kier molecular flexibility index (Phi) is 3.83. The summed E-state index contributed by atoms with van der Waals surface area (Å²) in [6.07, 6.45) is 3.56. The number of H-pyrrole nitrogens is 1. The van der Waals surface area contributed by atoms with Gasteiger partial charge in [0.25, 0.3) is 5.91 Å². The molecule has 1 aromatic carbocycles. The van der Waals surface area contributed by atoms with Crippen LogP contribution in [0.2, 0.25) is 5.02 Å². The summed E-state index contributed by atoms with van der Waals surface area (Å²) in [5.41, 5.74) is 1.64. The zero-order chi connectivity index (χ0) is 15.8. The van der Waals surface area contributed by atoms with Crippen molar-refractivity contribution in [3.05, 3.63) is 52.3 Å². The highest BCUT2D eigenvalue weighted by Crippen LogP contribution is 2.34. The smallest absolute Gasteiger partial charge is 0.270 e. The summed E-state index contributed by atoms with van der Waals surface area (Å²) in [4.78, 5) is 22.0. The number of carbonyl (C=O) groups excluding carboxylic acids is 1. The van der Waals surface area contributed by atoms with E-state index in [1.807, 2.05) is 17.0 Å². The van der Waals surface area contributed by atoms with Gasteiger partial charge in [0.05, 0.1) is 20.2 Å². The number of fused-ring (bicyclic) bond motifs is 1. The monoisotopic (exact) mass is 345 g/mol. The maximum Gasteiger partial charge on any atom is 0.270 e. The van der Waals surface area contributed by atoms with Gasteiger partial charge < -0.3 is 9.88 Å². The van der Waals surface area contributed by atoms with Crippen LogP contribution in [0.1, 0.15) is 34.3 Å². The normalized spacial score (nSPS) is 16.1. The third-order valence-electron chi connectivity index (χ3n) is 4.32. The van der Waals surface area contributed by atoms with Gasteiger partial charge in [0.15, 0.2) is 0 Å². The average Bonchev–Trinajstić information content (AvgIpc) is 3.20. The van der Waals surface area contributed by atoms with Crippen LogP contribution in [0.15, 0.2) is 36.5 Å². The number of amides is 1. The molecule has 1 aliphatic heterocycles.